The van der Waals surface area contributed by atoms with Crippen molar-refractivity contribution in [1.29, 1.82) is 0 Å². The number of nitrogens with zero attached hydrogens (tertiary/aromatic N) is 1. The van der Waals surface area contributed by atoms with E-state index in [0.29, 0.717) is 12.4 Å². The molecule has 0 unspecified atom stereocenters. The summed E-state index contributed by atoms with van der Waals surface area (Å²) in [7, 11) is 0. The zero-order valence-electron chi connectivity index (χ0n) is 8.50. The van der Waals surface area contributed by atoms with E-state index in [1.807, 2.05) is 6.92 Å². The lowest BCUT2D eigenvalue weighted by Gasteiger charge is -2.05. The Balaban J connectivity index is 2.34. The van der Waals surface area contributed by atoms with Gasteiger partial charge >= 0.3 is 6.09 Å². The second kappa shape index (κ2) is 6.40. The SMILES string of the molecule is CCCCOC(=O)Nc1ccc(Br)cn1. The fourth-order valence-corrected chi connectivity index (χ4v) is 1.13. The summed E-state index contributed by atoms with van der Waals surface area (Å²) in [6.07, 6.45) is 3.03. The molecule has 1 rings (SSSR count). The summed E-state index contributed by atoms with van der Waals surface area (Å²) in [5, 5.41) is 2.53. The zero-order chi connectivity index (χ0) is 11.1. The zero-order valence-corrected chi connectivity index (χ0v) is 10.1. The summed E-state index contributed by atoms with van der Waals surface area (Å²) >= 11 is 3.26. The fourth-order valence-electron chi connectivity index (χ4n) is 0.900. The molecule has 1 N–H and O–H groups in total. The van der Waals surface area contributed by atoms with Gasteiger partial charge in [0.15, 0.2) is 0 Å². The number of nitrogens with one attached hydrogen (secondary N) is 1. The molecule has 0 atom stereocenters. The fraction of sp³-hybridized carbons (Fsp3) is 0.400. The van der Waals surface area contributed by atoms with Crippen LogP contribution in [-0.2, 0) is 4.74 Å². The second-order valence-corrected chi connectivity index (χ2v) is 3.89. The molecule has 0 spiro atoms. The summed E-state index contributed by atoms with van der Waals surface area (Å²) < 4.78 is 5.78. The van der Waals surface area contributed by atoms with Crippen LogP contribution in [0.3, 0.4) is 0 Å². The summed E-state index contributed by atoms with van der Waals surface area (Å²) in [6, 6.07) is 3.50. The first-order valence-electron chi connectivity index (χ1n) is 4.77. The van der Waals surface area contributed by atoms with E-state index in [1.54, 1.807) is 18.3 Å². The van der Waals surface area contributed by atoms with Crippen LogP contribution < -0.4 is 5.32 Å². The average Bonchev–Trinajstić information content (AvgIpc) is 2.22. The molecule has 5 heteroatoms. The van der Waals surface area contributed by atoms with E-state index in [1.165, 1.54) is 0 Å². The molecule has 0 aliphatic heterocycles. The lowest BCUT2D eigenvalue weighted by atomic mass is 10.4. The number of amides is 1. The van der Waals surface area contributed by atoms with E-state index in [9.17, 15) is 4.79 Å². The average molecular weight is 273 g/mol. The number of ether oxygens (including phenoxy) is 1. The minimum atomic E-state index is -0.460. The van der Waals surface area contributed by atoms with Crippen molar-refractivity contribution in [1.82, 2.24) is 4.98 Å². The Kier molecular flexibility index (Phi) is 5.10. The highest BCUT2D eigenvalue weighted by molar-refractivity contribution is 9.10. The van der Waals surface area contributed by atoms with Crippen molar-refractivity contribution >= 4 is 27.8 Å². The lowest BCUT2D eigenvalue weighted by Crippen LogP contribution is -2.15. The first-order valence-corrected chi connectivity index (χ1v) is 5.57. The summed E-state index contributed by atoms with van der Waals surface area (Å²) in [5.74, 6) is 0.486. The number of halogens is 1. The van der Waals surface area contributed by atoms with Crippen molar-refractivity contribution < 1.29 is 9.53 Å². The normalized spacial score (nSPS) is 9.73. The maximum atomic E-state index is 11.2. The number of pyridine rings is 1. The molecule has 0 aliphatic rings. The lowest BCUT2D eigenvalue weighted by molar-refractivity contribution is 0.160. The molecular weight excluding hydrogens is 260 g/mol. The summed E-state index contributed by atoms with van der Waals surface area (Å²) in [6.45, 7) is 2.48. The monoisotopic (exact) mass is 272 g/mol. The van der Waals surface area contributed by atoms with Crippen molar-refractivity contribution in [3.63, 3.8) is 0 Å². The Hall–Kier alpha value is -1.10. The summed E-state index contributed by atoms with van der Waals surface area (Å²) in [4.78, 5) is 15.2. The maximum Gasteiger partial charge on any atom is 0.412 e. The number of anilines is 1. The van der Waals surface area contributed by atoms with Crippen LogP contribution >= 0.6 is 15.9 Å². The van der Waals surface area contributed by atoms with E-state index in [4.69, 9.17) is 4.74 Å². The van der Waals surface area contributed by atoms with Crippen LogP contribution in [0.2, 0.25) is 0 Å². The minimum Gasteiger partial charge on any atom is -0.449 e. The second-order valence-electron chi connectivity index (χ2n) is 2.98. The highest BCUT2D eigenvalue weighted by atomic mass is 79.9. The van der Waals surface area contributed by atoms with Crippen LogP contribution in [0.4, 0.5) is 10.6 Å². The smallest absolute Gasteiger partial charge is 0.412 e. The molecule has 1 aromatic rings. The van der Waals surface area contributed by atoms with Gasteiger partial charge in [-0.25, -0.2) is 9.78 Å². The highest BCUT2D eigenvalue weighted by Gasteiger charge is 2.02. The third-order valence-corrected chi connectivity index (χ3v) is 2.16. The Morgan fingerprint density at radius 2 is 2.40 bits per heavy atom. The first kappa shape index (κ1) is 12.0. The largest absolute Gasteiger partial charge is 0.449 e. The van der Waals surface area contributed by atoms with Gasteiger partial charge in [-0.1, -0.05) is 13.3 Å². The van der Waals surface area contributed by atoms with Crippen molar-refractivity contribution in [3.8, 4) is 0 Å². The number of hydrogen-bond donors (Lipinski definition) is 1. The topological polar surface area (TPSA) is 51.2 Å². The Labute approximate surface area is 97.2 Å². The molecule has 1 amide bonds. The molecule has 82 valence electrons. The molecule has 0 aliphatic carbocycles. The van der Waals surface area contributed by atoms with Gasteiger partial charge in [-0.3, -0.25) is 5.32 Å². The Bertz CT molecular complexity index is 314. The van der Waals surface area contributed by atoms with Gasteiger partial charge < -0.3 is 4.74 Å². The van der Waals surface area contributed by atoms with E-state index in [0.717, 1.165) is 17.3 Å². The van der Waals surface area contributed by atoms with Gasteiger partial charge in [-0.05, 0) is 34.5 Å². The predicted molar refractivity (Wildman–Crippen MR) is 61.8 cm³/mol. The van der Waals surface area contributed by atoms with Crippen LogP contribution in [0.25, 0.3) is 0 Å². The first-order chi connectivity index (χ1) is 7.22. The van der Waals surface area contributed by atoms with Crippen LogP contribution in [0, 0.1) is 0 Å². The van der Waals surface area contributed by atoms with Crippen LogP contribution in [0.1, 0.15) is 19.8 Å². The number of rotatable bonds is 4. The maximum absolute atomic E-state index is 11.2. The standard InChI is InChI=1S/C10H13BrN2O2/c1-2-3-6-15-10(14)13-9-5-4-8(11)7-12-9/h4-5,7H,2-3,6H2,1H3,(H,12,13,14). The van der Waals surface area contributed by atoms with Crippen LogP contribution in [0.15, 0.2) is 22.8 Å². The highest BCUT2D eigenvalue weighted by Crippen LogP contribution is 2.10. The molecule has 4 nitrogen and oxygen atoms in total. The summed E-state index contributed by atoms with van der Waals surface area (Å²) in [5.41, 5.74) is 0. The number of carbonyl (C=O) groups excluding carboxylic acids is 1. The van der Waals surface area contributed by atoms with E-state index in [2.05, 4.69) is 26.2 Å². The van der Waals surface area contributed by atoms with E-state index in [-0.39, 0.29) is 0 Å². The van der Waals surface area contributed by atoms with Crippen LogP contribution in [-0.4, -0.2) is 17.7 Å². The number of unbranched alkanes of at least 4 members (excludes halogenated alkanes) is 1. The van der Waals surface area contributed by atoms with Gasteiger partial charge in [0, 0.05) is 10.7 Å². The van der Waals surface area contributed by atoms with Crippen molar-refractivity contribution in [2.75, 3.05) is 11.9 Å². The van der Waals surface area contributed by atoms with Crippen molar-refractivity contribution in [2.24, 2.45) is 0 Å². The predicted octanol–water partition coefficient (Wildman–Crippen LogP) is 3.19. The Morgan fingerprint density at radius 3 is 3.00 bits per heavy atom. The molecular formula is C10H13BrN2O2. The molecule has 0 bridgehead atoms. The van der Waals surface area contributed by atoms with Gasteiger partial charge in [0.2, 0.25) is 0 Å². The molecule has 1 heterocycles. The quantitative estimate of drug-likeness (QED) is 0.857. The third kappa shape index (κ3) is 4.78. The van der Waals surface area contributed by atoms with Crippen LogP contribution in [0.5, 0.6) is 0 Å². The van der Waals surface area contributed by atoms with E-state index < -0.39 is 6.09 Å². The minimum absolute atomic E-state index is 0.443. The molecule has 15 heavy (non-hydrogen) atoms. The molecule has 1 aromatic heterocycles. The van der Waals surface area contributed by atoms with Gasteiger partial charge in [0.25, 0.3) is 0 Å². The number of aromatic nitrogens is 1. The molecule has 0 radical (unpaired) electrons. The molecule has 0 aromatic carbocycles. The number of hydrogen-bond acceptors (Lipinski definition) is 3. The van der Waals surface area contributed by atoms with Gasteiger partial charge in [0.1, 0.15) is 5.82 Å². The third-order valence-electron chi connectivity index (χ3n) is 1.69. The molecule has 0 saturated heterocycles. The van der Waals surface area contributed by atoms with Gasteiger partial charge in [-0.2, -0.15) is 0 Å². The van der Waals surface area contributed by atoms with Gasteiger partial charge in [0.05, 0.1) is 6.61 Å². The van der Waals surface area contributed by atoms with Gasteiger partial charge in [-0.15, -0.1) is 0 Å². The van der Waals surface area contributed by atoms with E-state index >= 15 is 0 Å². The Morgan fingerprint density at radius 1 is 1.60 bits per heavy atom. The number of carbonyl (C=O) groups is 1. The molecule has 0 saturated carbocycles. The van der Waals surface area contributed by atoms with Crippen molar-refractivity contribution in [3.05, 3.63) is 22.8 Å². The van der Waals surface area contributed by atoms with Crippen molar-refractivity contribution in [2.45, 2.75) is 19.8 Å². The molecule has 0 fully saturated rings.